The monoisotopic (exact) mass is 232 g/mol. The molecule has 4 nitrogen and oxygen atoms in total. The highest BCUT2D eigenvalue weighted by molar-refractivity contribution is 7.90. The first-order valence-electron chi connectivity index (χ1n) is 5.64. The molecule has 1 saturated heterocycles. The third kappa shape index (κ3) is 2.52. The topological polar surface area (TPSA) is 58.2 Å². The summed E-state index contributed by atoms with van der Waals surface area (Å²) in [6.45, 7) is 5.84. The van der Waals surface area contributed by atoms with Gasteiger partial charge in [0.25, 0.3) is 0 Å². The van der Waals surface area contributed by atoms with Gasteiger partial charge in [-0.3, -0.25) is 0 Å². The Hall–Kier alpha value is -0.130. The Bertz CT molecular complexity index is 331. The lowest BCUT2D eigenvalue weighted by molar-refractivity contribution is 0.484. The Kier molecular flexibility index (Phi) is 2.81. The Labute approximate surface area is 91.9 Å². The number of nitrogens with one attached hydrogen (secondary N) is 2. The predicted molar refractivity (Wildman–Crippen MR) is 60.1 cm³/mol. The molecule has 0 aromatic rings. The number of hydrogen-bond donors (Lipinski definition) is 2. The van der Waals surface area contributed by atoms with Crippen LogP contribution in [0.4, 0.5) is 0 Å². The Morgan fingerprint density at radius 3 is 2.27 bits per heavy atom. The molecule has 0 radical (unpaired) electrons. The molecule has 0 aromatic heterocycles. The van der Waals surface area contributed by atoms with Crippen LogP contribution in [0.1, 0.15) is 33.1 Å². The molecule has 88 valence electrons. The Morgan fingerprint density at radius 2 is 1.80 bits per heavy atom. The quantitative estimate of drug-likeness (QED) is 0.743. The number of hydrogen-bond acceptors (Lipinski definition) is 3. The molecule has 0 aromatic carbocycles. The maximum Gasteiger partial charge on any atom is 0.214 e. The maximum absolute atomic E-state index is 12.0. The zero-order chi connectivity index (χ0) is 11.1. The maximum atomic E-state index is 12.0. The second kappa shape index (κ2) is 3.71. The largest absolute Gasteiger partial charge is 0.317 e. The molecule has 0 bridgehead atoms. The van der Waals surface area contributed by atoms with Gasteiger partial charge in [-0.15, -0.1) is 0 Å². The highest BCUT2D eigenvalue weighted by Gasteiger charge is 2.48. The van der Waals surface area contributed by atoms with Crippen molar-refractivity contribution in [2.75, 3.05) is 13.1 Å². The average Bonchev–Trinajstić information content (AvgIpc) is 2.74. The van der Waals surface area contributed by atoms with E-state index in [2.05, 4.69) is 23.9 Å². The minimum atomic E-state index is -3.08. The van der Waals surface area contributed by atoms with E-state index < -0.39 is 10.0 Å². The van der Waals surface area contributed by atoms with Gasteiger partial charge in [0.2, 0.25) is 10.0 Å². The SMILES string of the molecule is CC1(C)CC1NS(=O)(=O)C1CCNCC1. The summed E-state index contributed by atoms with van der Waals surface area (Å²) in [6.07, 6.45) is 2.45. The van der Waals surface area contributed by atoms with Gasteiger partial charge in [-0.25, -0.2) is 13.1 Å². The van der Waals surface area contributed by atoms with Crippen molar-refractivity contribution >= 4 is 10.0 Å². The molecule has 5 heteroatoms. The summed E-state index contributed by atoms with van der Waals surface area (Å²) in [5.74, 6) is 0. The van der Waals surface area contributed by atoms with Crippen LogP contribution in [-0.4, -0.2) is 32.8 Å². The van der Waals surface area contributed by atoms with Gasteiger partial charge in [-0.2, -0.15) is 0 Å². The van der Waals surface area contributed by atoms with E-state index >= 15 is 0 Å². The molecule has 0 spiro atoms. The first-order chi connectivity index (χ1) is 6.92. The molecule has 2 fully saturated rings. The van der Waals surface area contributed by atoms with E-state index in [1.165, 1.54) is 0 Å². The second-order valence-electron chi connectivity index (χ2n) is 5.36. The van der Waals surface area contributed by atoms with Crippen molar-refractivity contribution in [1.29, 1.82) is 0 Å². The van der Waals surface area contributed by atoms with E-state index in [1.807, 2.05) is 0 Å². The minimum Gasteiger partial charge on any atom is -0.317 e. The molecule has 2 N–H and O–H groups in total. The average molecular weight is 232 g/mol. The lowest BCUT2D eigenvalue weighted by atomic mass is 10.2. The van der Waals surface area contributed by atoms with Crippen LogP contribution in [0.5, 0.6) is 0 Å². The third-order valence-electron chi connectivity index (χ3n) is 3.54. The summed E-state index contributed by atoms with van der Waals surface area (Å²) in [7, 11) is -3.08. The molecule has 1 aliphatic heterocycles. The molecule has 1 heterocycles. The fourth-order valence-electron chi connectivity index (χ4n) is 2.07. The van der Waals surface area contributed by atoms with Crippen LogP contribution in [0.3, 0.4) is 0 Å². The summed E-state index contributed by atoms with van der Waals surface area (Å²) in [6, 6.07) is 0.164. The van der Waals surface area contributed by atoms with Crippen molar-refractivity contribution in [2.24, 2.45) is 5.41 Å². The normalized spacial score (nSPS) is 31.5. The van der Waals surface area contributed by atoms with Crippen LogP contribution in [-0.2, 0) is 10.0 Å². The highest BCUT2D eigenvalue weighted by atomic mass is 32.2. The van der Waals surface area contributed by atoms with Gasteiger partial charge in [-0.1, -0.05) is 13.8 Å². The van der Waals surface area contributed by atoms with Crippen LogP contribution in [0.25, 0.3) is 0 Å². The van der Waals surface area contributed by atoms with E-state index in [0.29, 0.717) is 0 Å². The predicted octanol–water partition coefficient (Wildman–Crippen LogP) is 0.456. The van der Waals surface area contributed by atoms with Gasteiger partial charge < -0.3 is 5.32 Å². The molecule has 1 saturated carbocycles. The summed E-state index contributed by atoms with van der Waals surface area (Å²) >= 11 is 0. The minimum absolute atomic E-state index is 0.164. The number of piperidine rings is 1. The van der Waals surface area contributed by atoms with E-state index in [-0.39, 0.29) is 16.7 Å². The molecule has 2 aliphatic rings. The van der Waals surface area contributed by atoms with Crippen molar-refractivity contribution in [1.82, 2.24) is 10.0 Å². The van der Waals surface area contributed by atoms with Crippen molar-refractivity contribution in [2.45, 2.75) is 44.4 Å². The molecule has 1 unspecified atom stereocenters. The summed E-state index contributed by atoms with van der Waals surface area (Å²) in [4.78, 5) is 0. The van der Waals surface area contributed by atoms with Crippen LogP contribution in [0, 0.1) is 5.41 Å². The van der Waals surface area contributed by atoms with E-state index in [9.17, 15) is 8.42 Å². The van der Waals surface area contributed by atoms with Gasteiger partial charge in [0.15, 0.2) is 0 Å². The lowest BCUT2D eigenvalue weighted by Crippen LogP contribution is -2.43. The fraction of sp³-hybridized carbons (Fsp3) is 1.00. The molecular formula is C10H20N2O2S. The zero-order valence-corrected chi connectivity index (χ0v) is 10.2. The van der Waals surface area contributed by atoms with Crippen molar-refractivity contribution in [3.8, 4) is 0 Å². The van der Waals surface area contributed by atoms with Crippen LogP contribution in [0.15, 0.2) is 0 Å². The third-order valence-corrected chi connectivity index (χ3v) is 5.51. The zero-order valence-electron chi connectivity index (χ0n) is 9.41. The lowest BCUT2D eigenvalue weighted by Gasteiger charge is -2.23. The molecule has 1 aliphatic carbocycles. The number of sulfonamides is 1. The summed E-state index contributed by atoms with van der Waals surface area (Å²) in [5, 5.41) is 2.99. The fourth-order valence-corrected chi connectivity index (χ4v) is 3.92. The van der Waals surface area contributed by atoms with Crippen molar-refractivity contribution in [3.05, 3.63) is 0 Å². The van der Waals surface area contributed by atoms with Crippen molar-refractivity contribution < 1.29 is 8.42 Å². The first-order valence-corrected chi connectivity index (χ1v) is 7.18. The Morgan fingerprint density at radius 1 is 1.27 bits per heavy atom. The van der Waals surface area contributed by atoms with Gasteiger partial charge in [-0.05, 0) is 37.8 Å². The van der Waals surface area contributed by atoms with Gasteiger partial charge >= 0.3 is 0 Å². The van der Waals surface area contributed by atoms with E-state index in [1.54, 1.807) is 0 Å². The van der Waals surface area contributed by atoms with E-state index in [4.69, 9.17) is 0 Å². The Balaban J connectivity index is 1.94. The van der Waals surface area contributed by atoms with E-state index in [0.717, 1.165) is 32.4 Å². The van der Waals surface area contributed by atoms with Crippen LogP contribution >= 0.6 is 0 Å². The summed E-state index contributed by atoms with van der Waals surface area (Å²) < 4.78 is 26.8. The molecule has 15 heavy (non-hydrogen) atoms. The van der Waals surface area contributed by atoms with Gasteiger partial charge in [0, 0.05) is 6.04 Å². The first kappa shape index (κ1) is 11.4. The molecule has 2 rings (SSSR count). The standard InChI is InChI=1S/C10H20N2O2S/c1-10(2)7-9(10)12-15(13,14)8-3-5-11-6-4-8/h8-9,11-12H,3-7H2,1-2H3. The number of rotatable bonds is 3. The van der Waals surface area contributed by atoms with Crippen molar-refractivity contribution in [3.63, 3.8) is 0 Å². The smallest absolute Gasteiger partial charge is 0.214 e. The van der Waals surface area contributed by atoms with Crippen LogP contribution in [0.2, 0.25) is 0 Å². The molecule has 1 atom stereocenters. The molecule has 0 amide bonds. The molecular weight excluding hydrogens is 212 g/mol. The second-order valence-corrected chi connectivity index (χ2v) is 7.35. The van der Waals surface area contributed by atoms with Gasteiger partial charge in [0.05, 0.1) is 5.25 Å². The highest BCUT2D eigenvalue weighted by Crippen LogP contribution is 2.45. The summed E-state index contributed by atoms with van der Waals surface area (Å²) in [5.41, 5.74) is 0.167. The van der Waals surface area contributed by atoms with Crippen LogP contribution < -0.4 is 10.0 Å². The van der Waals surface area contributed by atoms with Gasteiger partial charge in [0.1, 0.15) is 0 Å².